The van der Waals surface area contributed by atoms with E-state index in [1.807, 2.05) is 25.9 Å². The van der Waals surface area contributed by atoms with Crippen LogP contribution in [0.25, 0.3) is 33.2 Å². The molecule has 0 spiro atoms. The van der Waals surface area contributed by atoms with Crippen molar-refractivity contribution in [3.05, 3.63) is 46.2 Å². The van der Waals surface area contributed by atoms with E-state index in [0.29, 0.717) is 36.2 Å². The van der Waals surface area contributed by atoms with Crippen LogP contribution in [0.15, 0.2) is 39.1 Å². The van der Waals surface area contributed by atoms with Crippen LogP contribution >= 0.6 is 11.3 Å². The molecule has 4 heterocycles. The highest BCUT2D eigenvalue weighted by atomic mass is 32.1. The second-order valence-corrected chi connectivity index (χ2v) is 9.54. The minimum absolute atomic E-state index is 0.0256. The number of carbonyl (C=O) groups excluding carboxylic acids is 1. The van der Waals surface area contributed by atoms with Crippen LogP contribution < -0.4 is 21.1 Å². The summed E-state index contributed by atoms with van der Waals surface area (Å²) in [6.07, 6.45) is -1.18. The van der Waals surface area contributed by atoms with Crippen molar-refractivity contribution in [2.24, 2.45) is 0 Å². The monoisotopic (exact) mass is 578 g/mol. The summed E-state index contributed by atoms with van der Waals surface area (Å²) in [6.45, 7) is 3.12. The number of aromatic nitrogens is 5. The molecule has 0 saturated heterocycles. The SMILES string of the molecule is CCCNC(=O)Nc1cc(-c2nc(C(F)(F)F)cs2)c(-c2cc(-c3n[nH]c(=O)o3)cnc2OCCN(C)C)cn1. The maximum atomic E-state index is 13.4. The molecular weight excluding hydrogens is 553 g/mol. The van der Waals surface area contributed by atoms with Gasteiger partial charge in [0.2, 0.25) is 5.88 Å². The van der Waals surface area contributed by atoms with Crippen molar-refractivity contribution in [3.63, 3.8) is 0 Å². The topological polar surface area (TPSA) is 151 Å². The zero-order valence-corrected chi connectivity index (χ0v) is 22.4. The van der Waals surface area contributed by atoms with Crippen LogP contribution in [0.4, 0.5) is 23.8 Å². The molecule has 0 aromatic carbocycles. The third-order valence-corrected chi connectivity index (χ3v) is 6.19. The summed E-state index contributed by atoms with van der Waals surface area (Å²) < 4.78 is 51.2. The normalized spacial score (nSPS) is 11.6. The Balaban J connectivity index is 1.85. The molecule has 4 aromatic rings. The van der Waals surface area contributed by atoms with E-state index in [1.165, 1.54) is 18.5 Å². The lowest BCUT2D eigenvalue weighted by molar-refractivity contribution is -0.140. The quantitative estimate of drug-likeness (QED) is 0.253. The summed E-state index contributed by atoms with van der Waals surface area (Å²) in [5.41, 5.74) is 0.125. The van der Waals surface area contributed by atoms with Crippen molar-refractivity contribution in [2.45, 2.75) is 19.5 Å². The van der Waals surface area contributed by atoms with Gasteiger partial charge in [0.1, 0.15) is 17.4 Å². The van der Waals surface area contributed by atoms with E-state index >= 15 is 0 Å². The second kappa shape index (κ2) is 12.3. The minimum Gasteiger partial charge on any atom is -0.476 e. The number of anilines is 1. The molecule has 0 saturated carbocycles. The van der Waals surface area contributed by atoms with E-state index in [2.05, 4.69) is 35.8 Å². The largest absolute Gasteiger partial charge is 0.476 e. The van der Waals surface area contributed by atoms with Gasteiger partial charge in [-0.1, -0.05) is 6.92 Å². The lowest BCUT2D eigenvalue weighted by Gasteiger charge is -2.16. The Bertz CT molecular complexity index is 1530. The van der Waals surface area contributed by atoms with Crippen molar-refractivity contribution >= 4 is 23.2 Å². The minimum atomic E-state index is -4.65. The van der Waals surface area contributed by atoms with Crippen molar-refractivity contribution in [1.82, 2.24) is 35.4 Å². The van der Waals surface area contributed by atoms with E-state index in [-0.39, 0.29) is 34.8 Å². The van der Waals surface area contributed by atoms with Gasteiger partial charge in [-0.05, 0) is 32.6 Å². The van der Waals surface area contributed by atoms with Crippen LogP contribution in [-0.2, 0) is 6.18 Å². The van der Waals surface area contributed by atoms with Gasteiger partial charge in [0, 0.05) is 47.6 Å². The molecule has 0 aliphatic heterocycles. The predicted octanol–water partition coefficient (Wildman–Crippen LogP) is 4.10. The van der Waals surface area contributed by atoms with Crippen molar-refractivity contribution in [1.29, 1.82) is 0 Å². The van der Waals surface area contributed by atoms with Crippen molar-refractivity contribution in [2.75, 3.05) is 39.1 Å². The average molecular weight is 579 g/mol. The number of rotatable bonds is 10. The first kappa shape index (κ1) is 28.7. The van der Waals surface area contributed by atoms with Crippen LogP contribution in [0.2, 0.25) is 0 Å². The number of amides is 2. The van der Waals surface area contributed by atoms with Gasteiger partial charge < -0.3 is 19.4 Å². The number of nitrogens with zero attached hydrogens (tertiary/aromatic N) is 5. The third-order valence-electron chi connectivity index (χ3n) is 5.31. The smallest absolute Gasteiger partial charge is 0.434 e. The first-order valence-electron chi connectivity index (χ1n) is 12.0. The molecule has 0 radical (unpaired) electrons. The maximum Gasteiger partial charge on any atom is 0.434 e. The molecule has 0 aliphatic rings. The summed E-state index contributed by atoms with van der Waals surface area (Å²) in [4.78, 5) is 38.1. The molecule has 0 unspecified atom stereocenters. The standard InChI is InChI=1S/C24H25F3N8O4S/c1-4-5-28-22(36)32-18-9-15(21-31-17(12-40-21)24(25,26)27)16(11-29-18)14-8-13(19-33-34-23(37)39-19)10-30-20(14)38-7-6-35(2)3/h8-12H,4-7H2,1-3H3,(H,34,37)(H2,28,29,32,36). The summed E-state index contributed by atoms with van der Waals surface area (Å²) in [6, 6.07) is 2.47. The van der Waals surface area contributed by atoms with Crippen LogP contribution in [0.3, 0.4) is 0 Å². The molecule has 2 amide bonds. The zero-order chi connectivity index (χ0) is 28.9. The van der Waals surface area contributed by atoms with E-state index in [9.17, 15) is 22.8 Å². The van der Waals surface area contributed by atoms with Crippen molar-refractivity contribution < 1.29 is 27.1 Å². The fourth-order valence-corrected chi connectivity index (χ4v) is 4.25. The number of aromatic amines is 1. The number of urea groups is 1. The Hall–Kier alpha value is -4.31. The number of alkyl halides is 3. The lowest BCUT2D eigenvalue weighted by Crippen LogP contribution is -2.29. The first-order chi connectivity index (χ1) is 19.0. The van der Waals surface area contributed by atoms with Crippen molar-refractivity contribution in [3.8, 4) is 39.0 Å². The Morgan fingerprint density at radius 1 is 1.18 bits per heavy atom. The number of H-pyrrole nitrogens is 1. The molecule has 4 rings (SSSR count). The molecule has 0 fully saturated rings. The van der Waals surface area contributed by atoms with Gasteiger partial charge in [0.05, 0.1) is 5.56 Å². The number of thiazole rings is 1. The van der Waals surface area contributed by atoms with Gasteiger partial charge in [-0.25, -0.2) is 29.6 Å². The highest BCUT2D eigenvalue weighted by Crippen LogP contribution is 2.41. The van der Waals surface area contributed by atoms with E-state index in [1.54, 1.807) is 6.07 Å². The summed E-state index contributed by atoms with van der Waals surface area (Å²) >= 11 is 0.779. The summed E-state index contributed by atoms with van der Waals surface area (Å²) in [5, 5.41) is 12.2. The lowest BCUT2D eigenvalue weighted by atomic mass is 10.0. The molecule has 0 aliphatic carbocycles. The Morgan fingerprint density at radius 3 is 2.62 bits per heavy atom. The number of hydrogen-bond donors (Lipinski definition) is 3. The molecule has 212 valence electrons. The number of ether oxygens (including phenoxy) is 1. The Morgan fingerprint density at radius 2 is 1.98 bits per heavy atom. The fourth-order valence-electron chi connectivity index (χ4n) is 3.40. The predicted molar refractivity (Wildman–Crippen MR) is 141 cm³/mol. The van der Waals surface area contributed by atoms with Crippen LogP contribution in [-0.4, -0.2) is 69.9 Å². The van der Waals surface area contributed by atoms with Gasteiger partial charge in [0.25, 0.3) is 5.89 Å². The van der Waals surface area contributed by atoms with E-state index < -0.39 is 23.7 Å². The van der Waals surface area contributed by atoms with E-state index in [4.69, 9.17) is 9.15 Å². The second-order valence-electron chi connectivity index (χ2n) is 8.68. The summed E-state index contributed by atoms with van der Waals surface area (Å²) in [7, 11) is 3.73. The maximum absolute atomic E-state index is 13.4. The van der Waals surface area contributed by atoms with E-state index in [0.717, 1.165) is 16.7 Å². The third kappa shape index (κ3) is 7.01. The van der Waals surface area contributed by atoms with Crippen LogP contribution in [0, 0.1) is 0 Å². The van der Waals surface area contributed by atoms with Gasteiger partial charge >= 0.3 is 18.0 Å². The first-order valence-corrected chi connectivity index (χ1v) is 12.8. The molecule has 16 heteroatoms. The molecule has 0 atom stereocenters. The highest BCUT2D eigenvalue weighted by Gasteiger charge is 2.34. The Kier molecular flexibility index (Phi) is 8.79. The van der Waals surface area contributed by atoms with Crippen LogP contribution in [0.5, 0.6) is 5.88 Å². The molecule has 4 aromatic heterocycles. The summed E-state index contributed by atoms with van der Waals surface area (Å²) in [5.74, 6) is -0.578. The number of pyridine rings is 2. The fraction of sp³-hybridized carbons (Fsp3) is 0.333. The number of halogens is 3. The number of hydrogen-bond acceptors (Lipinski definition) is 10. The molecular formula is C24H25F3N8O4S. The molecule has 3 N–H and O–H groups in total. The van der Waals surface area contributed by atoms with Gasteiger partial charge in [-0.15, -0.1) is 16.4 Å². The van der Waals surface area contributed by atoms with Gasteiger partial charge in [0.15, 0.2) is 5.69 Å². The molecule has 12 nitrogen and oxygen atoms in total. The highest BCUT2D eigenvalue weighted by molar-refractivity contribution is 7.13. The Labute approximate surface area is 229 Å². The number of nitrogens with one attached hydrogen (secondary N) is 3. The molecule has 40 heavy (non-hydrogen) atoms. The number of carbonyl (C=O) groups is 1. The van der Waals surface area contributed by atoms with Crippen LogP contribution in [0.1, 0.15) is 19.0 Å². The van der Waals surface area contributed by atoms with Gasteiger partial charge in [-0.3, -0.25) is 5.32 Å². The average Bonchev–Trinajstić information content (AvgIpc) is 3.57. The van der Waals surface area contributed by atoms with Gasteiger partial charge in [-0.2, -0.15) is 13.2 Å². The number of likely N-dealkylation sites (N-methyl/N-ethyl adjacent to an activating group) is 1. The zero-order valence-electron chi connectivity index (χ0n) is 21.6. The molecule has 0 bridgehead atoms.